The van der Waals surface area contributed by atoms with Crippen molar-refractivity contribution in [3.8, 4) is 0 Å². The van der Waals surface area contributed by atoms with Gasteiger partial charge in [0.1, 0.15) is 0 Å². The number of ether oxygens (including phenoxy) is 1. The monoisotopic (exact) mass is 341 g/mol. The number of imidazole rings is 1. The molecule has 2 heterocycles. The molecule has 0 radical (unpaired) electrons. The number of fused-ring (bicyclic) bond motifs is 2. The molecule has 2 aliphatic rings. The Balaban J connectivity index is 1.30. The van der Waals surface area contributed by atoms with Crippen LogP contribution in [0.5, 0.6) is 0 Å². The molecule has 0 amide bonds. The molecule has 2 atom stereocenters. The zero-order valence-corrected chi connectivity index (χ0v) is 14.9. The summed E-state index contributed by atoms with van der Waals surface area (Å²) in [7, 11) is 2.05. The van der Waals surface area contributed by atoms with E-state index < -0.39 is 6.10 Å². The van der Waals surface area contributed by atoms with E-state index in [0.29, 0.717) is 13.2 Å². The quantitative estimate of drug-likeness (QED) is 0.906. The molecule has 5 heteroatoms. The SMILES string of the molecule is Cn1cnc2c1CCN(C[C@@H](O)CO[C@H]1CCCc3ccccc31)C2. The van der Waals surface area contributed by atoms with Crippen LogP contribution in [0.15, 0.2) is 30.6 Å². The normalized spacial score (nSPS) is 21.6. The summed E-state index contributed by atoms with van der Waals surface area (Å²) in [5, 5.41) is 10.4. The fourth-order valence-electron chi connectivity index (χ4n) is 4.13. The minimum Gasteiger partial charge on any atom is -0.389 e. The van der Waals surface area contributed by atoms with Crippen molar-refractivity contribution in [3.63, 3.8) is 0 Å². The van der Waals surface area contributed by atoms with Gasteiger partial charge in [-0.3, -0.25) is 4.90 Å². The van der Waals surface area contributed by atoms with Crippen LogP contribution in [-0.2, 0) is 31.2 Å². The average Bonchev–Trinajstić information content (AvgIpc) is 3.00. The first kappa shape index (κ1) is 16.8. The maximum absolute atomic E-state index is 10.4. The van der Waals surface area contributed by atoms with Crippen LogP contribution in [0.2, 0.25) is 0 Å². The van der Waals surface area contributed by atoms with Gasteiger partial charge in [0.2, 0.25) is 0 Å². The molecule has 1 aliphatic carbocycles. The van der Waals surface area contributed by atoms with Crippen LogP contribution in [0.1, 0.15) is 41.5 Å². The van der Waals surface area contributed by atoms with Crippen molar-refractivity contribution in [1.82, 2.24) is 14.5 Å². The molecule has 1 N–H and O–H groups in total. The minimum absolute atomic E-state index is 0.128. The number of benzene rings is 1. The van der Waals surface area contributed by atoms with Crippen LogP contribution in [0.3, 0.4) is 0 Å². The topological polar surface area (TPSA) is 50.5 Å². The van der Waals surface area contributed by atoms with E-state index in [-0.39, 0.29) is 6.10 Å². The van der Waals surface area contributed by atoms with E-state index >= 15 is 0 Å². The Hall–Kier alpha value is -1.69. The highest BCUT2D eigenvalue weighted by Gasteiger charge is 2.24. The summed E-state index contributed by atoms with van der Waals surface area (Å²) in [6.45, 7) is 2.82. The molecule has 0 saturated carbocycles. The van der Waals surface area contributed by atoms with Crippen LogP contribution in [0.25, 0.3) is 0 Å². The highest BCUT2D eigenvalue weighted by molar-refractivity contribution is 5.31. The lowest BCUT2D eigenvalue weighted by molar-refractivity contribution is -0.0295. The highest BCUT2D eigenvalue weighted by Crippen LogP contribution is 2.32. The number of hydrogen-bond donors (Lipinski definition) is 1. The molecule has 0 saturated heterocycles. The summed E-state index contributed by atoms with van der Waals surface area (Å²) in [6.07, 6.45) is 5.89. The third-order valence-corrected chi connectivity index (χ3v) is 5.46. The minimum atomic E-state index is -0.459. The van der Waals surface area contributed by atoms with Gasteiger partial charge >= 0.3 is 0 Å². The average molecular weight is 341 g/mol. The van der Waals surface area contributed by atoms with E-state index in [1.54, 1.807) is 0 Å². The zero-order chi connectivity index (χ0) is 17.2. The van der Waals surface area contributed by atoms with Gasteiger partial charge in [0.05, 0.1) is 30.8 Å². The molecule has 1 aliphatic heterocycles. The summed E-state index contributed by atoms with van der Waals surface area (Å²) in [6, 6.07) is 8.53. The van der Waals surface area contributed by atoms with Crippen molar-refractivity contribution in [1.29, 1.82) is 0 Å². The number of hydrogen-bond acceptors (Lipinski definition) is 4. The van der Waals surface area contributed by atoms with Crippen molar-refractivity contribution in [3.05, 3.63) is 53.1 Å². The Labute approximate surface area is 149 Å². The zero-order valence-electron chi connectivity index (χ0n) is 14.9. The Morgan fingerprint density at radius 1 is 1.32 bits per heavy atom. The second-order valence-corrected chi connectivity index (χ2v) is 7.30. The number of β-amino-alcohol motifs (C(OH)–C–C–N with tert-alkyl or cyclic N) is 1. The molecule has 1 aromatic heterocycles. The number of nitrogens with zero attached hydrogens (tertiary/aromatic N) is 3. The molecule has 2 aromatic rings. The summed E-state index contributed by atoms with van der Waals surface area (Å²) < 4.78 is 8.19. The first-order chi connectivity index (χ1) is 12.2. The third-order valence-electron chi connectivity index (χ3n) is 5.46. The summed E-state index contributed by atoms with van der Waals surface area (Å²) in [5.74, 6) is 0. The highest BCUT2D eigenvalue weighted by atomic mass is 16.5. The van der Waals surface area contributed by atoms with Crippen LogP contribution in [0, 0.1) is 0 Å². The molecular weight excluding hydrogens is 314 g/mol. The van der Waals surface area contributed by atoms with Gasteiger partial charge in [-0.15, -0.1) is 0 Å². The van der Waals surface area contributed by atoms with E-state index in [0.717, 1.165) is 44.5 Å². The second kappa shape index (κ2) is 7.28. The van der Waals surface area contributed by atoms with Gasteiger partial charge in [-0.05, 0) is 30.4 Å². The molecular formula is C20H27N3O2. The van der Waals surface area contributed by atoms with E-state index in [1.807, 2.05) is 13.4 Å². The van der Waals surface area contributed by atoms with Crippen molar-refractivity contribution in [2.45, 2.75) is 44.4 Å². The van der Waals surface area contributed by atoms with Gasteiger partial charge in [-0.25, -0.2) is 4.98 Å². The number of aliphatic hydroxyl groups is 1. The fraction of sp³-hybridized carbons (Fsp3) is 0.550. The van der Waals surface area contributed by atoms with Crippen molar-refractivity contribution in [2.24, 2.45) is 7.05 Å². The fourth-order valence-corrected chi connectivity index (χ4v) is 4.13. The molecule has 0 bridgehead atoms. The maximum Gasteiger partial charge on any atom is 0.0949 e. The van der Waals surface area contributed by atoms with E-state index in [9.17, 15) is 5.11 Å². The van der Waals surface area contributed by atoms with Crippen molar-refractivity contribution >= 4 is 0 Å². The molecule has 4 rings (SSSR count). The van der Waals surface area contributed by atoms with Gasteiger partial charge in [0, 0.05) is 38.8 Å². The molecule has 25 heavy (non-hydrogen) atoms. The van der Waals surface area contributed by atoms with Crippen molar-refractivity contribution in [2.75, 3.05) is 19.7 Å². The van der Waals surface area contributed by atoms with Gasteiger partial charge in [0.15, 0.2) is 0 Å². The van der Waals surface area contributed by atoms with E-state index in [2.05, 4.69) is 38.7 Å². The van der Waals surface area contributed by atoms with Gasteiger partial charge in [-0.1, -0.05) is 24.3 Å². The van der Waals surface area contributed by atoms with Crippen molar-refractivity contribution < 1.29 is 9.84 Å². The Morgan fingerprint density at radius 3 is 3.12 bits per heavy atom. The maximum atomic E-state index is 10.4. The smallest absolute Gasteiger partial charge is 0.0949 e. The lowest BCUT2D eigenvalue weighted by Gasteiger charge is -2.30. The molecule has 0 fully saturated rings. The predicted molar refractivity (Wildman–Crippen MR) is 96.3 cm³/mol. The Bertz CT molecular complexity index is 727. The summed E-state index contributed by atoms with van der Waals surface area (Å²) >= 11 is 0. The first-order valence-electron chi connectivity index (χ1n) is 9.29. The molecule has 5 nitrogen and oxygen atoms in total. The number of aryl methyl sites for hydroxylation is 2. The Morgan fingerprint density at radius 2 is 2.20 bits per heavy atom. The largest absolute Gasteiger partial charge is 0.389 e. The molecule has 134 valence electrons. The summed E-state index contributed by atoms with van der Waals surface area (Å²) in [5.41, 5.74) is 5.16. The Kier molecular flexibility index (Phi) is 4.88. The number of rotatable bonds is 5. The van der Waals surface area contributed by atoms with Crippen LogP contribution in [-0.4, -0.2) is 45.4 Å². The van der Waals surface area contributed by atoms with Crippen LogP contribution >= 0.6 is 0 Å². The van der Waals surface area contributed by atoms with Crippen LogP contribution in [0.4, 0.5) is 0 Å². The van der Waals surface area contributed by atoms with Gasteiger partial charge in [0.25, 0.3) is 0 Å². The standard InChI is InChI=1S/C20H27N3O2/c1-22-14-21-18-12-23(10-9-19(18)22)11-16(24)13-25-20-8-4-6-15-5-2-3-7-17(15)20/h2-3,5,7,14,16,20,24H,4,6,8-13H2,1H3/t16-,20+/m1/s1. The third kappa shape index (κ3) is 3.64. The van der Waals surface area contributed by atoms with Crippen LogP contribution < -0.4 is 0 Å². The second-order valence-electron chi connectivity index (χ2n) is 7.30. The molecule has 0 spiro atoms. The van der Waals surface area contributed by atoms with Gasteiger partial charge < -0.3 is 14.4 Å². The summed E-state index contributed by atoms with van der Waals surface area (Å²) in [4.78, 5) is 6.74. The number of aliphatic hydroxyl groups excluding tert-OH is 1. The molecule has 1 aromatic carbocycles. The van der Waals surface area contributed by atoms with Gasteiger partial charge in [-0.2, -0.15) is 0 Å². The first-order valence-corrected chi connectivity index (χ1v) is 9.29. The lowest BCUT2D eigenvalue weighted by atomic mass is 9.89. The lowest BCUT2D eigenvalue weighted by Crippen LogP contribution is -2.39. The van der Waals surface area contributed by atoms with E-state index in [1.165, 1.54) is 16.8 Å². The number of aromatic nitrogens is 2. The van der Waals surface area contributed by atoms with E-state index in [4.69, 9.17) is 4.74 Å². The predicted octanol–water partition coefficient (Wildman–Crippen LogP) is 2.23. The molecule has 0 unspecified atom stereocenters.